The Labute approximate surface area is 271 Å². The van der Waals surface area contributed by atoms with E-state index in [0.29, 0.717) is 10.7 Å². The van der Waals surface area contributed by atoms with Crippen LogP contribution in [-0.4, -0.2) is 43.8 Å². The number of hydrogen-bond acceptors (Lipinski definition) is 4. The molecule has 236 valence electrons. The second kappa shape index (κ2) is 15.2. The molecule has 1 N–H and O–H groups in total. The quantitative estimate of drug-likeness (QED) is 0.175. The first-order chi connectivity index (χ1) is 21.5. The zero-order valence-electron chi connectivity index (χ0n) is 26.1. The summed E-state index contributed by atoms with van der Waals surface area (Å²) in [7, 11) is -4.19. The summed E-state index contributed by atoms with van der Waals surface area (Å²) >= 11 is 6.06. The van der Waals surface area contributed by atoms with Gasteiger partial charge in [0.2, 0.25) is 11.8 Å². The second-order valence-corrected chi connectivity index (χ2v) is 13.6. The number of carbonyl (C=O) groups is 2. The van der Waals surface area contributed by atoms with Gasteiger partial charge in [-0.15, -0.1) is 0 Å². The maximum absolute atomic E-state index is 14.5. The van der Waals surface area contributed by atoms with Crippen LogP contribution in [0, 0.1) is 13.8 Å². The molecule has 45 heavy (non-hydrogen) atoms. The number of anilines is 1. The van der Waals surface area contributed by atoms with E-state index in [1.54, 1.807) is 24.3 Å². The Kier molecular flexibility index (Phi) is 11.4. The van der Waals surface area contributed by atoms with Gasteiger partial charge in [-0.2, -0.15) is 0 Å². The van der Waals surface area contributed by atoms with Crippen LogP contribution in [0.2, 0.25) is 5.02 Å². The summed E-state index contributed by atoms with van der Waals surface area (Å²) in [4.78, 5) is 30.0. The molecule has 0 aliphatic rings. The van der Waals surface area contributed by atoms with Crippen LogP contribution in [-0.2, 0) is 32.6 Å². The summed E-state index contributed by atoms with van der Waals surface area (Å²) in [6, 6.07) is 29.1. The lowest BCUT2D eigenvalue weighted by molar-refractivity contribution is -0.140. The van der Waals surface area contributed by atoms with Crippen LogP contribution < -0.4 is 9.62 Å². The number of nitrogens with one attached hydrogen (secondary N) is 1. The summed E-state index contributed by atoms with van der Waals surface area (Å²) in [6.45, 7) is 7.37. The number of sulfonamides is 1. The third-order valence-corrected chi connectivity index (χ3v) is 9.75. The normalized spacial score (nSPS) is 12.6. The van der Waals surface area contributed by atoms with Gasteiger partial charge in [0.1, 0.15) is 12.6 Å². The largest absolute Gasteiger partial charge is 0.352 e. The molecule has 4 rings (SSSR count). The van der Waals surface area contributed by atoms with Gasteiger partial charge in [-0.25, -0.2) is 8.42 Å². The Hall–Kier alpha value is -4.14. The van der Waals surface area contributed by atoms with Crippen molar-refractivity contribution in [1.82, 2.24) is 10.2 Å². The molecule has 0 aliphatic heterocycles. The molecule has 0 saturated carbocycles. The fourth-order valence-electron chi connectivity index (χ4n) is 4.98. The fourth-order valence-corrected chi connectivity index (χ4v) is 6.52. The lowest BCUT2D eigenvalue weighted by Crippen LogP contribution is -2.54. The molecule has 2 amide bonds. The minimum Gasteiger partial charge on any atom is -0.352 e. The summed E-state index contributed by atoms with van der Waals surface area (Å²) in [5.41, 5.74) is 4.01. The zero-order chi connectivity index (χ0) is 32.6. The van der Waals surface area contributed by atoms with Crippen molar-refractivity contribution < 1.29 is 18.0 Å². The van der Waals surface area contributed by atoms with Gasteiger partial charge in [-0.05, 0) is 74.7 Å². The molecule has 2 atom stereocenters. The van der Waals surface area contributed by atoms with E-state index >= 15 is 0 Å². The molecule has 4 aromatic rings. The highest BCUT2D eigenvalue weighted by Crippen LogP contribution is 2.26. The number of amides is 2. The van der Waals surface area contributed by atoms with Crippen molar-refractivity contribution in [3.8, 4) is 0 Å². The van der Waals surface area contributed by atoms with Crippen molar-refractivity contribution in [3.63, 3.8) is 0 Å². The molecule has 0 aliphatic carbocycles. The highest BCUT2D eigenvalue weighted by Gasteiger charge is 2.35. The molecular formula is C36H40ClN3O4S. The number of benzene rings is 4. The van der Waals surface area contributed by atoms with E-state index in [1.165, 1.54) is 29.2 Å². The monoisotopic (exact) mass is 645 g/mol. The third-order valence-electron chi connectivity index (χ3n) is 7.71. The van der Waals surface area contributed by atoms with E-state index in [4.69, 9.17) is 11.6 Å². The number of hydrogen-bond donors (Lipinski definition) is 1. The van der Waals surface area contributed by atoms with E-state index in [0.717, 1.165) is 33.0 Å². The summed E-state index contributed by atoms with van der Waals surface area (Å²) in [6.07, 6.45) is 0.977. The molecule has 0 saturated heterocycles. The van der Waals surface area contributed by atoms with Crippen LogP contribution >= 0.6 is 11.6 Å². The first-order valence-corrected chi connectivity index (χ1v) is 16.8. The molecule has 0 spiro atoms. The minimum absolute atomic E-state index is 0.000795. The van der Waals surface area contributed by atoms with E-state index in [9.17, 15) is 18.0 Å². The van der Waals surface area contributed by atoms with Gasteiger partial charge in [0, 0.05) is 24.0 Å². The molecule has 0 unspecified atom stereocenters. The van der Waals surface area contributed by atoms with Gasteiger partial charge in [-0.1, -0.05) is 96.4 Å². The van der Waals surface area contributed by atoms with Gasteiger partial charge in [0.15, 0.2) is 0 Å². The van der Waals surface area contributed by atoms with Crippen molar-refractivity contribution >= 4 is 39.1 Å². The summed E-state index contributed by atoms with van der Waals surface area (Å²) in [5, 5.41) is 3.45. The van der Waals surface area contributed by atoms with Crippen molar-refractivity contribution in [1.29, 1.82) is 0 Å². The predicted molar refractivity (Wildman–Crippen MR) is 181 cm³/mol. The van der Waals surface area contributed by atoms with Crippen LogP contribution in [0.5, 0.6) is 0 Å². The molecule has 0 bridgehead atoms. The molecule has 0 aromatic heterocycles. The third kappa shape index (κ3) is 8.96. The number of halogens is 1. The lowest BCUT2D eigenvalue weighted by atomic mass is 10.0. The maximum Gasteiger partial charge on any atom is 0.264 e. The van der Waals surface area contributed by atoms with Crippen LogP contribution in [0.1, 0.15) is 42.5 Å². The van der Waals surface area contributed by atoms with E-state index < -0.39 is 28.5 Å². The second-order valence-electron chi connectivity index (χ2n) is 11.3. The highest BCUT2D eigenvalue weighted by molar-refractivity contribution is 7.92. The van der Waals surface area contributed by atoms with Crippen molar-refractivity contribution in [3.05, 3.63) is 130 Å². The Bertz CT molecular complexity index is 1690. The van der Waals surface area contributed by atoms with E-state index in [-0.39, 0.29) is 29.8 Å². The standard InChI is InChI=1S/C36H40ClN3O4S/c1-5-28(4)38-36(42)34(23-29-11-7-6-8-12-29)39(24-30-13-9-10-27(3)22-30)35(41)25-40(32-18-14-26(2)15-19-32)45(43,44)33-20-16-31(37)17-21-33/h6-22,28,34H,5,23-25H2,1-4H3,(H,38,42)/t28-,34+/m0/s1. The summed E-state index contributed by atoms with van der Waals surface area (Å²) < 4.78 is 29.3. The lowest BCUT2D eigenvalue weighted by Gasteiger charge is -2.34. The topological polar surface area (TPSA) is 86.8 Å². The molecule has 4 aromatic carbocycles. The fraction of sp³-hybridized carbons (Fsp3) is 0.278. The van der Waals surface area contributed by atoms with E-state index in [2.05, 4.69) is 5.32 Å². The van der Waals surface area contributed by atoms with E-state index in [1.807, 2.05) is 82.3 Å². The van der Waals surface area contributed by atoms with Crippen LogP contribution in [0.4, 0.5) is 5.69 Å². The van der Waals surface area contributed by atoms with Gasteiger partial charge in [0.25, 0.3) is 10.0 Å². The average molecular weight is 646 g/mol. The van der Waals surface area contributed by atoms with Crippen LogP contribution in [0.15, 0.2) is 108 Å². The molecule has 0 fully saturated rings. The predicted octanol–water partition coefficient (Wildman–Crippen LogP) is 6.71. The van der Waals surface area contributed by atoms with Gasteiger partial charge in [-0.3, -0.25) is 13.9 Å². The Balaban J connectivity index is 1.80. The van der Waals surface area contributed by atoms with Crippen molar-refractivity contribution in [2.45, 2.75) is 64.1 Å². The maximum atomic E-state index is 14.5. The van der Waals surface area contributed by atoms with Crippen LogP contribution in [0.25, 0.3) is 0 Å². The smallest absolute Gasteiger partial charge is 0.264 e. The number of aryl methyl sites for hydroxylation is 2. The first kappa shape index (κ1) is 33.7. The first-order valence-electron chi connectivity index (χ1n) is 15.0. The number of nitrogens with zero attached hydrogens (tertiary/aromatic N) is 2. The number of rotatable bonds is 13. The zero-order valence-corrected chi connectivity index (χ0v) is 27.7. The van der Waals surface area contributed by atoms with Gasteiger partial charge in [0.05, 0.1) is 10.6 Å². The van der Waals surface area contributed by atoms with Gasteiger partial charge < -0.3 is 10.2 Å². The van der Waals surface area contributed by atoms with Gasteiger partial charge >= 0.3 is 0 Å². The molecule has 0 heterocycles. The molecule has 9 heteroatoms. The Morgan fingerprint density at radius 1 is 0.822 bits per heavy atom. The number of carbonyl (C=O) groups excluding carboxylic acids is 2. The molecule has 7 nitrogen and oxygen atoms in total. The Morgan fingerprint density at radius 3 is 2.09 bits per heavy atom. The summed E-state index contributed by atoms with van der Waals surface area (Å²) in [5.74, 6) is -0.800. The molecule has 0 radical (unpaired) electrons. The van der Waals surface area contributed by atoms with Crippen molar-refractivity contribution in [2.24, 2.45) is 0 Å². The SMILES string of the molecule is CC[C@H](C)NC(=O)[C@@H](Cc1ccccc1)N(Cc1cccc(C)c1)C(=O)CN(c1ccc(C)cc1)S(=O)(=O)c1ccc(Cl)cc1. The average Bonchev–Trinajstić information content (AvgIpc) is 3.02. The Morgan fingerprint density at radius 2 is 1.47 bits per heavy atom. The molecular weight excluding hydrogens is 606 g/mol. The highest BCUT2D eigenvalue weighted by atomic mass is 35.5. The van der Waals surface area contributed by atoms with Crippen molar-refractivity contribution in [2.75, 3.05) is 10.8 Å². The minimum atomic E-state index is -4.19. The van der Waals surface area contributed by atoms with Crippen LogP contribution in [0.3, 0.4) is 0 Å².